The molecule has 0 saturated carbocycles. The lowest BCUT2D eigenvalue weighted by molar-refractivity contribution is -0.191. The van der Waals surface area contributed by atoms with E-state index in [1.165, 1.54) is 12.1 Å². The van der Waals surface area contributed by atoms with Crippen LogP contribution in [-0.2, 0) is 21.0 Å². The largest absolute Gasteiger partial charge is 0.394 e. The van der Waals surface area contributed by atoms with Gasteiger partial charge in [0.15, 0.2) is 11.6 Å². The van der Waals surface area contributed by atoms with Crippen LogP contribution in [0.3, 0.4) is 0 Å². The monoisotopic (exact) mass is 583 g/mol. The van der Waals surface area contributed by atoms with Crippen LogP contribution >= 0.6 is 22.6 Å². The molecule has 0 aromatic heterocycles. The van der Waals surface area contributed by atoms with Gasteiger partial charge in [-0.2, -0.15) is 0 Å². The van der Waals surface area contributed by atoms with Gasteiger partial charge in [-0.15, -0.1) is 0 Å². The first-order valence-corrected chi connectivity index (χ1v) is 10.5. The lowest BCUT2D eigenvalue weighted by Gasteiger charge is -2.22. The van der Waals surface area contributed by atoms with Crippen molar-refractivity contribution < 1.29 is 42.6 Å². The number of nitrogens with one attached hydrogen (secondary N) is 2. The van der Waals surface area contributed by atoms with E-state index in [9.17, 15) is 18.4 Å². The number of carbonyl (C=O) groups excluding carboxylic acids is 2. The molecule has 0 heterocycles. The molecular formula is C20H21F3IN3O6. The molecule has 33 heavy (non-hydrogen) atoms. The van der Waals surface area contributed by atoms with Gasteiger partial charge >= 0.3 is 0 Å². The Hall–Kier alpha value is -2.46. The molecule has 2 aromatic rings. The molecule has 0 unspecified atom stereocenters. The fourth-order valence-corrected chi connectivity index (χ4v) is 3.04. The Morgan fingerprint density at radius 3 is 2.39 bits per heavy atom. The third-order valence-electron chi connectivity index (χ3n) is 4.08. The van der Waals surface area contributed by atoms with Gasteiger partial charge in [0, 0.05) is 16.1 Å². The number of hydrogen-bond donors (Lipinski definition) is 4. The Balaban J connectivity index is 2.52. The standard InChI is InChI=1S/C20H21F3IN3O6/c1-11(30)27(33-7-5-29)10-12-8-14(20(31)26-32-6-4-28)19(18(23)17(12)22)25-16-3-2-13(24)9-15(16)21/h2-3,8-9,25,28-29H,4-7,10H2,1H3,(H,26,31). The van der Waals surface area contributed by atoms with Gasteiger partial charge in [0.2, 0.25) is 5.91 Å². The number of rotatable bonds is 11. The smallest absolute Gasteiger partial charge is 0.277 e. The van der Waals surface area contributed by atoms with E-state index in [0.717, 1.165) is 19.1 Å². The van der Waals surface area contributed by atoms with Crippen LogP contribution in [0.1, 0.15) is 22.8 Å². The predicted molar refractivity (Wildman–Crippen MR) is 119 cm³/mol. The molecule has 0 aliphatic rings. The predicted octanol–water partition coefficient (Wildman–Crippen LogP) is 2.38. The van der Waals surface area contributed by atoms with Crippen molar-refractivity contribution >= 4 is 45.8 Å². The third-order valence-corrected chi connectivity index (χ3v) is 4.75. The lowest BCUT2D eigenvalue weighted by atomic mass is 10.1. The number of amides is 2. The van der Waals surface area contributed by atoms with Crippen molar-refractivity contribution in [3.8, 4) is 0 Å². The van der Waals surface area contributed by atoms with Crippen LogP contribution in [0.15, 0.2) is 24.3 Å². The Kier molecular flexibility index (Phi) is 10.3. The number of anilines is 2. The van der Waals surface area contributed by atoms with Gasteiger partial charge in [-0.1, -0.05) is 0 Å². The van der Waals surface area contributed by atoms with Gasteiger partial charge in [0.1, 0.15) is 5.82 Å². The zero-order chi connectivity index (χ0) is 24.5. The summed E-state index contributed by atoms with van der Waals surface area (Å²) in [6.07, 6.45) is 0. The number of hydrogen-bond acceptors (Lipinski definition) is 7. The SMILES string of the molecule is CC(=O)N(Cc1cc(C(=O)NOCCO)c(Nc2ccc(I)cc2F)c(F)c1F)OCCO. The fourth-order valence-electron chi connectivity index (χ4n) is 2.59. The maximum atomic E-state index is 15.1. The molecule has 9 nitrogen and oxygen atoms in total. The number of aliphatic hydroxyl groups is 2. The average Bonchev–Trinajstić information content (AvgIpc) is 2.77. The van der Waals surface area contributed by atoms with Crippen molar-refractivity contribution in [3.05, 3.63) is 56.4 Å². The Bertz CT molecular complexity index is 1010. The highest BCUT2D eigenvalue weighted by Crippen LogP contribution is 2.31. The van der Waals surface area contributed by atoms with Gasteiger partial charge in [0.25, 0.3) is 5.91 Å². The van der Waals surface area contributed by atoms with Crippen molar-refractivity contribution in [2.45, 2.75) is 13.5 Å². The van der Waals surface area contributed by atoms with Gasteiger partial charge in [0.05, 0.1) is 49.9 Å². The summed E-state index contributed by atoms with van der Waals surface area (Å²) < 4.78 is 44.8. The summed E-state index contributed by atoms with van der Waals surface area (Å²) in [6.45, 7) is -0.883. The molecule has 0 saturated heterocycles. The number of hydroxylamine groups is 3. The zero-order valence-electron chi connectivity index (χ0n) is 17.3. The molecular weight excluding hydrogens is 562 g/mol. The quantitative estimate of drug-likeness (QED) is 0.182. The highest BCUT2D eigenvalue weighted by Gasteiger charge is 2.25. The van der Waals surface area contributed by atoms with Crippen LogP contribution in [0.4, 0.5) is 24.5 Å². The molecule has 2 aromatic carbocycles. The normalized spacial score (nSPS) is 10.8. The first kappa shape index (κ1) is 26.8. The summed E-state index contributed by atoms with van der Waals surface area (Å²) in [5, 5.41) is 20.7. The number of aliphatic hydroxyl groups excluding tert-OH is 2. The minimum Gasteiger partial charge on any atom is -0.394 e. The van der Waals surface area contributed by atoms with Crippen LogP contribution in [0.2, 0.25) is 0 Å². The molecule has 0 spiro atoms. The molecule has 2 amide bonds. The molecule has 0 atom stereocenters. The highest BCUT2D eigenvalue weighted by atomic mass is 127. The van der Waals surface area contributed by atoms with Gasteiger partial charge in [-0.25, -0.2) is 23.7 Å². The van der Waals surface area contributed by atoms with E-state index in [0.29, 0.717) is 8.63 Å². The van der Waals surface area contributed by atoms with Crippen LogP contribution < -0.4 is 10.8 Å². The minimum atomic E-state index is -1.51. The van der Waals surface area contributed by atoms with Crippen LogP contribution in [0.25, 0.3) is 0 Å². The molecule has 0 fully saturated rings. The highest BCUT2D eigenvalue weighted by molar-refractivity contribution is 14.1. The van der Waals surface area contributed by atoms with E-state index >= 15 is 4.39 Å². The van der Waals surface area contributed by atoms with Crippen molar-refractivity contribution in [2.75, 3.05) is 31.7 Å². The Morgan fingerprint density at radius 2 is 1.79 bits per heavy atom. The summed E-state index contributed by atoms with van der Waals surface area (Å²) in [5.74, 6) is -5.38. The van der Waals surface area contributed by atoms with Gasteiger partial charge in [-0.05, 0) is 46.9 Å². The second kappa shape index (κ2) is 12.7. The summed E-state index contributed by atoms with van der Waals surface area (Å²) in [5.41, 5.74) is 0.177. The molecule has 0 radical (unpaired) electrons. The lowest BCUT2D eigenvalue weighted by Crippen LogP contribution is -2.31. The van der Waals surface area contributed by atoms with Crippen molar-refractivity contribution in [2.24, 2.45) is 0 Å². The Labute approximate surface area is 200 Å². The topological polar surface area (TPSA) is 120 Å². The maximum Gasteiger partial charge on any atom is 0.277 e. The number of benzene rings is 2. The van der Waals surface area contributed by atoms with Crippen LogP contribution in [0.5, 0.6) is 0 Å². The molecule has 4 N–H and O–H groups in total. The summed E-state index contributed by atoms with van der Waals surface area (Å²) >= 11 is 1.87. The summed E-state index contributed by atoms with van der Waals surface area (Å²) in [7, 11) is 0. The second-order valence-corrected chi connectivity index (χ2v) is 7.70. The number of nitrogens with zero attached hydrogens (tertiary/aromatic N) is 1. The van der Waals surface area contributed by atoms with Crippen molar-refractivity contribution in [1.82, 2.24) is 10.5 Å². The van der Waals surface area contributed by atoms with E-state index in [1.54, 1.807) is 0 Å². The second-order valence-electron chi connectivity index (χ2n) is 6.45. The molecule has 180 valence electrons. The van der Waals surface area contributed by atoms with Crippen LogP contribution in [-0.4, -0.2) is 53.5 Å². The van der Waals surface area contributed by atoms with E-state index in [4.69, 9.17) is 19.9 Å². The number of carbonyl (C=O) groups is 2. The first-order valence-electron chi connectivity index (χ1n) is 9.47. The molecule has 0 bridgehead atoms. The fraction of sp³-hybridized carbons (Fsp3) is 0.300. The van der Waals surface area contributed by atoms with Gasteiger partial charge in [-0.3, -0.25) is 19.3 Å². The minimum absolute atomic E-state index is 0.219. The zero-order valence-corrected chi connectivity index (χ0v) is 19.5. The molecule has 0 aliphatic carbocycles. The summed E-state index contributed by atoms with van der Waals surface area (Å²) in [6, 6.07) is 4.90. The van der Waals surface area contributed by atoms with E-state index in [-0.39, 0.29) is 18.9 Å². The molecule has 0 aliphatic heterocycles. The van der Waals surface area contributed by atoms with E-state index in [2.05, 4.69) is 5.32 Å². The van der Waals surface area contributed by atoms with Gasteiger partial charge < -0.3 is 15.5 Å². The third kappa shape index (κ3) is 7.26. The van der Waals surface area contributed by atoms with E-state index < -0.39 is 65.8 Å². The summed E-state index contributed by atoms with van der Waals surface area (Å²) in [4.78, 5) is 34.1. The van der Waals surface area contributed by atoms with Crippen molar-refractivity contribution in [3.63, 3.8) is 0 Å². The van der Waals surface area contributed by atoms with Crippen molar-refractivity contribution in [1.29, 1.82) is 0 Å². The Morgan fingerprint density at radius 1 is 1.09 bits per heavy atom. The number of halogens is 4. The first-order chi connectivity index (χ1) is 15.7. The maximum absolute atomic E-state index is 15.1. The average molecular weight is 583 g/mol. The van der Waals surface area contributed by atoms with E-state index in [1.807, 2.05) is 28.1 Å². The molecule has 13 heteroatoms. The molecule has 2 rings (SSSR count). The van der Waals surface area contributed by atoms with Crippen LogP contribution in [0, 0.1) is 21.0 Å².